The third kappa shape index (κ3) is 10.2. The Balaban J connectivity index is -0.000000405. The van der Waals surface area contributed by atoms with E-state index in [4.69, 9.17) is 11.5 Å². The lowest BCUT2D eigenvalue weighted by Gasteiger charge is -2.06. The van der Waals surface area contributed by atoms with Gasteiger partial charge in [-0.25, -0.2) is 4.39 Å². The highest BCUT2D eigenvalue weighted by Crippen LogP contribution is 2.02. The lowest BCUT2D eigenvalue weighted by molar-refractivity contribution is 0.413. The number of rotatable bonds is 5. The highest BCUT2D eigenvalue weighted by Gasteiger charge is 2.00. The Hall–Kier alpha value is 0.170. The van der Waals surface area contributed by atoms with Gasteiger partial charge in [0.25, 0.3) is 0 Å². The van der Waals surface area contributed by atoms with Crippen LogP contribution in [0.2, 0.25) is 0 Å². The standard InChI is InChI=1S/C7H15FN2.2ClH/c1-6(5-9)2-3-7(10)4-8;;/h7H,1-5,9-10H2;2*1H. The summed E-state index contributed by atoms with van der Waals surface area (Å²) < 4.78 is 11.8. The van der Waals surface area contributed by atoms with Gasteiger partial charge in [-0.2, -0.15) is 0 Å². The summed E-state index contributed by atoms with van der Waals surface area (Å²) in [6.07, 6.45) is 1.38. The Morgan fingerprint density at radius 1 is 1.42 bits per heavy atom. The Morgan fingerprint density at radius 3 is 2.25 bits per heavy atom. The van der Waals surface area contributed by atoms with Crippen molar-refractivity contribution in [3.05, 3.63) is 12.2 Å². The highest BCUT2D eigenvalue weighted by atomic mass is 35.5. The largest absolute Gasteiger partial charge is 0.327 e. The van der Waals surface area contributed by atoms with Crippen LogP contribution in [0.15, 0.2) is 12.2 Å². The van der Waals surface area contributed by atoms with E-state index in [9.17, 15) is 4.39 Å². The molecule has 5 heteroatoms. The molecule has 76 valence electrons. The summed E-state index contributed by atoms with van der Waals surface area (Å²) in [6.45, 7) is 3.69. The van der Waals surface area contributed by atoms with Crippen molar-refractivity contribution in [1.82, 2.24) is 0 Å². The molecule has 0 aromatic carbocycles. The average Bonchev–Trinajstić information content (AvgIpc) is 1.99. The first-order chi connectivity index (χ1) is 4.70. The second-order valence-corrected chi connectivity index (χ2v) is 2.41. The van der Waals surface area contributed by atoms with Crippen LogP contribution in [0.25, 0.3) is 0 Å². The van der Waals surface area contributed by atoms with Gasteiger partial charge in [-0.3, -0.25) is 0 Å². The topological polar surface area (TPSA) is 52.0 Å². The number of halogens is 3. The van der Waals surface area contributed by atoms with E-state index in [1.165, 1.54) is 0 Å². The van der Waals surface area contributed by atoms with Crippen molar-refractivity contribution >= 4 is 24.8 Å². The lowest BCUT2D eigenvalue weighted by atomic mass is 10.1. The van der Waals surface area contributed by atoms with Crippen LogP contribution in [0.1, 0.15) is 12.8 Å². The molecule has 0 aliphatic rings. The smallest absolute Gasteiger partial charge is 0.104 e. The number of hydrogen-bond donors (Lipinski definition) is 2. The maximum absolute atomic E-state index is 11.8. The Kier molecular flexibility index (Phi) is 16.8. The van der Waals surface area contributed by atoms with Crippen LogP contribution in [0.5, 0.6) is 0 Å². The fraction of sp³-hybridized carbons (Fsp3) is 0.714. The summed E-state index contributed by atoms with van der Waals surface area (Å²) in [5.41, 5.74) is 11.5. The fourth-order valence-electron chi connectivity index (χ4n) is 0.569. The third-order valence-electron chi connectivity index (χ3n) is 1.36. The van der Waals surface area contributed by atoms with Crippen molar-refractivity contribution in [3.63, 3.8) is 0 Å². The summed E-state index contributed by atoms with van der Waals surface area (Å²) in [4.78, 5) is 0. The Morgan fingerprint density at radius 2 is 1.92 bits per heavy atom. The lowest BCUT2D eigenvalue weighted by Crippen LogP contribution is -2.22. The van der Waals surface area contributed by atoms with Crippen LogP contribution >= 0.6 is 24.8 Å². The number of alkyl halides is 1. The van der Waals surface area contributed by atoms with E-state index in [-0.39, 0.29) is 30.9 Å². The molecule has 0 aliphatic heterocycles. The highest BCUT2D eigenvalue weighted by molar-refractivity contribution is 5.85. The molecule has 0 aromatic heterocycles. The Labute approximate surface area is 85.4 Å². The quantitative estimate of drug-likeness (QED) is 0.687. The van der Waals surface area contributed by atoms with Crippen LogP contribution in [-0.4, -0.2) is 19.3 Å². The molecule has 0 spiro atoms. The van der Waals surface area contributed by atoms with Gasteiger partial charge in [0.05, 0.1) is 0 Å². The predicted octanol–water partition coefficient (Wildman–Crippen LogP) is 1.42. The van der Waals surface area contributed by atoms with Gasteiger partial charge in [0.15, 0.2) is 0 Å². The molecule has 0 amide bonds. The van der Waals surface area contributed by atoms with E-state index in [2.05, 4.69) is 6.58 Å². The molecule has 1 unspecified atom stereocenters. The maximum Gasteiger partial charge on any atom is 0.104 e. The molecule has 0 rings (SSSR count). The first-order valence-electron chi connectivity index (χ1n) is 3.39. The zero-order chi connectivity index (χ0) is 7.98. The molecule has 1 atom stereocenters. The molecule has 0 bridgehead atoms. The summed E-state index contributed by atoms with van der Waals surface area (Å²) in [7, 11) is 0. The van der Waals surface area contributed by atoms with Crippen LogP contribution < -0.4 is 11.5 Å². The first-order valence-corrected chi connectivity index (χ1v) is 3.39. The van der Waals surface area contributed by atoms with Crippen LogP contribution in [0.4, 0.5) is 4.39 Å². The monoisotopic (exact) mass is 218 g/mol. The van der Waals surface area contributed by atoms with Crippen molar-refractivity contribution in [1.29, 1.82) is 0 Å². The van der Waals surface area contributed by atoms with Crippen molar-refractivity contribution in [2.45, 2.75) is 18.9 Å². The Bertz CT molecular complexity index is 112. The third-order valence-corrected chi connectivity index (χ3v) is 1.36. The van der Waals surface area contributed by atoms with Gasteiger partial charge < -0.3 is 11.5 Å². The molecule has 0 heterocycles. The summed E-state index contributed by atoms with van der Waals surface area (Å²) >= 11 is 0. The fourth-order valence-corrected chi connectivity index (χ4v) is 0.569. The molecule has 12 heavy (non-hydrogen) atoms. The molecule has 0 aliphatic carbocycles. The predicted molar refractivity (Wildman–Crippen MR) is 55.9 cm³/mol. The normalized spacial score (nSPS) is 10.9. The van der Waals surface area contributed by atoms with Gasteiger partial charge in [0.1, 0.15) is 6.67 Å². The average molecular weight is 219 g/mol. The van der Waals surface area contributed by atoms with E-state index in [0.29, 0.717) is 13.0 Å². The van der Waals surface area contributed by atoms with Gasteiger partial charge in [0.2, 0.25) is 0 Å². The molecule has 0 radical (unpaired) electrons. The molecule has 4 N–H and O–H groups in total. The van der Waals surface area contributed by atoms with E-state index >= 15 is 0 Å². The molecular weight excluding hydrogens is 202 g/mol. The minimum absolute atomic E-state index is 0. The number of hydrogen-bond acceptors (Lipinski definition) is 2. The molecule has 0 fully saturated rings. The summed E-state index contributed by atoms with van der Waals surface area (Å²) in [5, 5.41) is 0. The minimum Gasteiger partial charge on any atom is -0.327 e. The van der Waals surface area contributed by atoms with Crippen LogP contribution in [-0.2, 0) is 0 Å². The molecule has 0 saturated carbocycles. The van der Waals surface area contributed by atoms with Gasteiger partial charge in [-0.15, -0.1) is 24.8 Å². The van der Waals surface area contributed by atoms with Gasteiger partial charge in [-0.05, 0) is 12.8 Å². The maximum atomic E-state index is 11.8. The van der Waals surface area contributed by atoms with Crippen molar-refractivity contribution in [3.8, 4) is 0 Å². The van der Waals surface area contributed by atoms with E-state index in [0.717, 1.165) is 12.0 Å². The van der Waals surface area contributed by atoms with Gasteiger partial charge in [0, 0.05) is 12.6 Å². The molecule has 0 aromatic rings. The van der Waals surface area contributed by atoms with Gasteiger partial charge >= 0.3 is 0 Å². The van der Waals surface area contributed by atoms with Crippen molar-refractivity contribution in [2.24, 2.45) is 11.5 Å². The number of nitrogens with two attached hydrogens (primary N) is 2. The van der Waals surface area contributed by atoms with Gasteiger partial charge in [-0.1, -0.05) is 12.2 Å². The minimum atomic E-state index is -0.460. The SMILES string of the molecule is C=C(CN)CCC(N)CF.Cl.Cl. The zero-order valence-corrected chi connectivity index (χ0v) is 8.60. The van der Waals surface area contributed by atoms with E-state index in [1.807, 2.05) is 0 Å². The van der Waals surface area contributed by atoms with Crippen molar-refractivity contribution < 1.29 is 4.39 Å². The second kappa shape index (κ2) is 11.2. The molecule has 0 saturated heterocycles. The second-order valence-electron chi connectivity index (χ2n) is 2.41. The van der Waals surface area contributed by atoms with Crippen LogP contribution in [0, 0.1) is 0 Å². The first kappa shape index (κ1) is 18.1. The summed E-state index contributed by atoms with van der Waals surface area (Å²) in [5.74, 6) is 0. The van der Waals surface area contributed by atoms with Crippen molar-refractivity contribution in [2.75, 3.05) is 13.2 Å². The molecular formula is C7H17Cl2FN2. The van der Waals surface area contributed by atoms with E-state index < -0.39 is 6.67 Å². The summed E-state index contributed by atoms with van der Waals surface area (Å²) in [6, 6.07) is -0.344. The molecule has 2 nitrogen and oxygen atoms in total. The zero-order valence-electron chi connectivity index (χ0n) is 6.96. The van der Waals surface area contributed by atoms with Crippen LogP contribution in [0.3, 0.4) is 0 Å². The van der Waals surface area contributed by atoms with E-state index in [1.54, 1.807) is 0 Å².